The van der Waals surface area contributed by atoms with Crippen molar-refractivity contribution < 1.29 is 44.3 Å². The Labute approximate surface area is 118 Å². The second-order valence-corrected chi connectivity index (χ2v) is 4.61. The molecule has 0 unspecified atom stereocenters. The number of para-hydroxylation sites is 1. The number of hydrogen-bond donors (Lipinski definition) is 0. The van der Waals surface area contributed by atoms with Gasteiger partial charge in [-0.25, -0.2) is 0 Å². The van der Waals surface area contributed by atoms with E-state index in [1.165, 1.54) is 0 Å². The third-order valence-electron chi connectivity index (χ3n) is 2.96. The smallest absolute Gasteiger partial charge is 0.419 e. The summed E-state index contributed by atoms with van der Waals surface area (Å²) in [5.74, 6) is -1.10. The zero-order chi connectivity index (χ0) is 17.4. The summed E-state index contributed by atoms with van der Waals surface area (Å²) >= 11 is 0. The first-order chi connectivity index (χ1) is 9.70. The zero-order valence-electron chi connectivity index (χ0n) is 10.8. The van der Waals surface area contributed by atoms with Crippen LogP contribution in [-0.4, -0.2) is 19.0 Å². The van der Waals surface area contributed by atoms with Crippen LogP contribution in [0.2, 0.25) is 0 Å². The highest BCUT2D eigenvalue weighted by Gasteiger charge is 2.68. The third-order valence-corrected chi connectivity index (χ3v) is 2.96. The van der Waals surface area contributed by atoms with Gasteiger partial charge in [-0.2, -0.15) is 39.5 Å². The summed E-state index contributed by atoms with van der Waals surface area (Å²) in [5, 5.41) is 0. The lowest BCUT2D eigenvalue weighted by Gasteiger charge is -2.33. The van der Waals surface area contributed by atoms with Crippen molar-refractivity contribution in [3.8, 4) is 5.75 Å². The topological polar surface area (TPSA) is 9.23 Å². The van der Waals surface area contributed by atoms with Crippen LogP contribution in [0.5, 0.6) is 5.75 Å². The number of ether oxygens (including phenoxy) is 1. The molecule has 0 amide bonds. The molecule has 0 N–H and O–H groups in total. The van der Waals surface area contributed by atoms with E-state index in [0.29, 0.717) is 12.1 Å². The van der Waals surface area contributed by atoms with Crippen LogP contribution in [0, 0.1) is 5.41 Å². The molecular formula is C12H9F9O. The summed E-state index contributed by atoms with van der Waals surface area (Å²) in [5.41, 5.74) is -5.75. The highest BCUT2D eigenvalue weighted by atomic mass is 19.4. The molecule has 1 aromatic rings. The molecule has 1 nitrogen and oxygen atoms in total. The van der Waals surface area contributed by atoms with Gasteiger partial charge in [0.25, 0.3) is 0 Å². The van der Waals surface area contributed by atoms with Crippen LogP contribution >= 0.6 is 0 Å². The van der Waals surface area contributed by atoms with Crippen LogP contribution in [0.15, 0.2) is 24.3 Å². The molecule has 22 heavy (non-hydrogen) atoms. The van der Waals surface area contributed by atoms with Crippen LogP contribution in [0.1, 0.15) is 12.5 Å². The molecule has 0 aliphatic carbocycles. The Bertz CT molecular complexity index is 499. The minimum Gasteiger partial charge on any atom is -0.492 e. The van der Waals surface area contributed by atoms with E-state index < -0.39 is 41.9 Å². The summed E-state index contributed by atoms with van der Waals surface area (Å²) in [7, 11) is 0. The minimum absolute atomic E-state index is 0.177. The zero-order valence-corrected chi connectivity index (χ0v) is 10.8. The third kappa shape index (κ3) is 3.58. The first kappa shape index (κ1) is 18.4. The van der Waals surface area contributed by atoms with Gasteiger partial charge in [-0.3, -0.25) is 0 Å². The summed E-state index contributed by atoms with van der Waals surface area (Å²) in [4.78, 5) is 0. The lowest BCUT2D eigenvalue weighted by molar-refractivity contribution is -0.340. The van der Waals surface area contributed by atoms with Gasteiger partial charge in [0.05, 0.1) is 5.56 Å². The van der Waals surface area contributed by atoms with Gasteiger partial charge in [0.15, 0.2) is 5.41 Å². The van der Waals surface area contributed by atoms with Crippen molar-refractivity contribution in [3.63, 3.8) is 0 Å². The Morgan fingerprint density at radius 3 is 1.68 bits per heavy atom. The molecule has 0 heterocycles. The van der Waals surface area contributed by atoms with Crippen molar-refractivity contribution in [2.24, 2.45) is 5.41 Å². The molecule has 1 aromatic carbocycles. The first-order valence-corrected chi connectivity index (χ1v) is 5.62. The molecule has 10 heteroatoms. The van der Waals surface area contributed by atoms with E-state index in [1.807, 2.05) is 0 Å². The normalized spacial score (nSPS) is 14.1. The Morgan fingerprint density at radius 2 is 1.27 bits per heavy atom. The molecule has 0 aromatic heterocycles. The van der Waals surface area contributed by atoms with Gasteiger partial charge in [0.2, 0.25) is 0 Å². The highest BCUT2D eigenvalue weighted by molar-refractivity contribution is 5.35. The van der Waals surface area contributed by atoms with Gasteiger partial charge in [0, 0.05) is 0 Å². The Hall–Kier alpha value is -1.61. The summed E-state index contributed by atoms with van der Waals surface area (Å²) in [6, 6.07) is 3.08. The van der Waals surface area contributed by atoms with Gasteiger partial charge in [0.1, 0.15) is 12.4 Å². The van der Waals surface area contributed by atoms with E-state index in [0.717, 1.165) is 12.1 Å². The van der Waals surface area contributed by atoms with E-state index in [4.69, 9.17) is 0 Å². The molecule has 0 bridgehead atoms. The second-order valence-electron chi connectivity index (χ2n) is 4.61. The van der Waals surface area contributed by atoms with E-state index in [9.17, 15) is 39.5 Å². The first-order valence-electron chi connectivity index (χ1n) is 5.62. The highest BCUT2D eigenvalue weighted by Crippen LogP contribution is 2.50. The molecule has 0 radical (unpaired) electrons. The van der Waals surface area contributed by atoms with E-state index in [2.05, 4.69) is 4.74 Å². The molecular weight excluding hydrogens is 331 g/mol. The summed E-state index contributed by atoms with van der Waals surface area (Å²) < 4.78 is 118. The van der Waals surface area contributed by atoms with E-state index >= 15 is 0 Å². The summed E-state index contributed by atoms with van der Waals surface area (Å²) in [6.45, 7) is -2.20. The average molecular weight is 340 g/mol. The number of rotatable bonds is 3. The van der Waals surface area contributed by atoms with Crippen LogP contribution in [-0.2, 0) is 6.18 Å². The van der Waals surface area contributed by atoms with E-state index in [1.54, 1.807) is 0 Å². The standard InChI is InChI=1S/C12H9F9O/c1-9(11(16,17)18,12(19,20)21)6-22-8-5-3-2-4-7(8)10(13,14)15/h2-5H,6H2,1H3. The van der Waals surface area contributed by atoms with Crippen molar-refractivity contribution in [1.82, 2.24) is 0 Å². The van der Waals surface area contributed by atoms with Crippen molar-refractivity contribution in [3.05, 3.63) is 29.8 Å². The van der Waals surface area contributed by atoms with Crippen LogP contribution < -0.4 is 4.74 Å². The number of alkyl halides is 9. The van der Waals surface area contributed by atoms with E-state index in [-0.39, 0.29) is 6.92 Å². The molecule has 0 aliphatic heterocycles. The van der Waals surface area contributed by atoms with Crippen molar-refractivity contribution in [1.29, 1.82) is 0 Å². The van der Waals surface area contributed by atoms with Crippen LogP contribution in [0.25, 0.3) is 0 Å². The van der Waals surface area contributed by atoms with Gasteiger partial charge in [-0.1, -0.05) is 12.1 Å². The minimum atomic E-state index is -5.74. The van der Waals surface area contributed by atoms with Crippen LogP contribution in [0.4, 0.5) is 39.5 Å². The van der Waals surface area contributed by atoms with Crippen molar-refractivity contribution >= 4 is 0 Å². The number of benzene rings is 1. The largest absolute Gasteiger partial charge is 0.492 e. The van der Waals surface area contributed by atoms with Crippen molar-refractivity contribution in [2.45, 2.75) is 25.5 Å². The van der Waals surface area contributed by atoms with Gasteiger partial charge in [-0.15, -0.1) is 0 Å². The molecule has 0 spiro atoms. The maximum absolute atomic E-state index is 12.6. The maximum Gasteiger partial charge on any atom is 0.419 e. The Balaban J connectivity index is 3.12. The Morgan fingerprint density at radius 1 is 0.818 bits per heavy atom. The molecule has 0 saturated carbocycles. The lowest BCUT2D eigenvalue weighted by Crippen LogP contribution is -2.51. The second kappa shape index (κ2) is 5.54. The van der Waals surface area contributed by atoms with Crippen molar-refractivity contribution in [2.75, 3.05) is 6.61 Å². The van der Waals surface area contributed by atoms with Gasteiger partial charge >= 0.3 is 18.5 Å². The quantitative estimate of drug-likeness (QED) is 0.686. The number of halogens is 9. The summed E-state index contributed by atoms with van der Waals surface area (Å²) in [6.07, 6.45) is -16.4. The molecule has 0 fully saturated rings. The monoisotopic (exact) mass is 340 g/mol. The number of hydrogen-bond acceptors (Lipinski definition) is 1. The fraction of sp³-hybridized carbons (Fsp3) is 0.500. The SMILES string of the molecule is CC(COc1ccccc1C(F)(F)F)(C(F)(F)F)C(F)(F)F. The fourth-order valence-corrected chi connectivity index (χ4v) is 1.37. The van der Waals surface area contributed by atoms with Gasteiger partial charge < -0.3 is 4.74 Å². The fourth-order valence-electron chi connectivity index (χ4n) is 1.37. The van der Waals surface area contributed by atoms with Gasteiger partial charge in [-0.05, 0) is 19.1 Å². The molecule has 1 rings (SSSR count). The predicted octanol–water partition coefficient (Wildman–Crippen LogP) is 5.22. The molecule has 126 valence electrons. The predicted molar refractivity (Wildman–Crippen MR) is 57.2 cm³/mol. The Kier molecular flexibility index (Phi) is 4.65. The lowest BCUT2D eigenvalue weighted by atomic mass is 9.90. The molecule has 0 saturated heterocycles. The van der Waals surface area contributed by atoms with Crippen LogP contribution in [0.3, 0.4) is 0 Å². The average Bonchev–Trinajstić information content (AvgIpc) is 2.32. The molecule has 0 aliphatic rings. The maximum atomic E-state index is 12.6. The molecule has 0 atom stereocenters.